The molecule has 22 heavy (non-hydrogen) atoms. The number of halogens is 1. The first-order chi connectivity index (χ1) is 10.5. The van der Waals surface area contributed by atoms with Crippen LogP contribution in [0.15, 0.2) is 28.7 Å². The predicted molar refractivity (Wildman–Crippen MR) is 89.0 cm³/mol. The van der Waals surface area contributed by atoms with E-state index in [1.54, 1.807) is 11.8 Å². The van der Waals surface area contributed by atoms with Crippen LogP contribution >= 0.6 is 15.9 Å². The third-order valence-corrected chi connectivity index (χ3v) is 3.90. The molecule has 1 atom stereocenters. The van der Waals surface area contributed by atoms with E-state index in [1.165, 1.54) is 7.11 Å². The van der Waals surface area contributed by atoms with Crippen LogP contribution in [0.5, 0.6) is 0 Å². The predicted octanol–water partition coefficient (Wildman–Crippen LogP) is 4.14. The lowest BCUT2D eigenvalue weighted by Crippen LogP contribution is -2.39. The minimum Gasteiger partial charge on any atom is -0.466 e. The van der Waals surface area contributed by atoms with Gasteiger partial charge in [0.15, 0.2) is 0 Å². The second kappa shape index (κ2) is 9.46. The Hall–Kier alpha value is -1.56. The van der Waals surface area contributed by atoms with Crippen molar-refractivity contribution in [2.24, 2.45) is 0 Å². The molecular formula is C16H22BrNO4. The number of carbonyl (C=O) groups excluding carboxylic acids is 2. The number of anilines is 1. The normalized spacial score (nSPS) is 11.6. The summed E-state index contributed by atoms with van der Waals surface area (Å²) in [5, 5.41) is 0. The van der Waals surface area contributed by atoms with Crippen LogP contribution in [0.3, 0.4) is 0 Å². The van der Waals surface area contributed by atoms with E-state index in [0.717, 1.165) is 10.2 Å². The van der Waals surface area contributed by atoms with E-state index < -0.39 is 6.09 Å². The Kier molecular flexibility index (Phi) is 7.95. The standard InChI is InChI=1S/C16H22BrNO4/c1-4-22-15(19)11-7-8-12(2)18(16(20)21-3)14-10-6-5-9-13(14)17/h5-6,9-10,12H,4,7-8,11H2,1-3H3. The Balaban J connectivity index is 2.74. The number of nitrogens with zero attached hydrogens (tertiary/aromatic N) is 1. The van der Waals surface area contributed by atoms with E-state index in [9.17, 15) is 9.59 Å². The topological polar surface area (TPSA) is 55.8 Å². The van der Waals surface area contributed by atoms with Gasteiger partial charge in [-0.05, 0) is 54.8 Å². The van der Waals surface area contributed by atoms with E-state index in [0.29, 0.717) is 25.9 Å². The van der Waals surface area contributed by atoms with Gasteiger partial charge in [0.05, 0.1) is 19.4 Å². The molecular weight excluding hydrogens is 350 g/mol. The number of carbonyl (C=O) groups is 2. The Morgan fingerprint density at radius 1 is 1.32 bits per heavy atom. The molecule has 5 nitrogen and oxygen atoms in total. The zero-order valence-corrected chi connectivity index (χ0v) is 14.8. The number of esters is 1. The number of rotatable bonds is 7. The maximum absolute atomic E-state index is 12.1. The second-order valence-electron chi connectivity index (χ2n) is 4.84. The summed E-state index contributed by atoms with van der Waals surface area (Å²) in [4.78, 5) is 25.1. The smallest absolute Gasteiger partial charge is 0.414 e. The lowest BCUT2D eigenvalue weighted by molar-refractivity contribution is -0.143. The van der Waals surface area contributed by atoms with Crippen molar-refractivity contribution in [1.82, 2.24) is 0 Å². The first kappa shape index (κ1) is 18.5. The van der Waals surface area contributed by atoms with E-state index in [2.05, 4.69) is 15.9 Å². The van der Waals surface area contributed by atoms with Crippen LogP contribution < -0.4 is 4.90 Å². The Morgan fingerprint density at radius 3 is 2.59 bits per heavy atom. The molecule has 1 unspecified atom stereocenters. The third kappa shape index (κ3) is 5.33. The molecule has 0 fully saturated rings. The van der Waals surface area contributed by atoms with Gasteiger partial charge in [0.1, 0.15) is 0 Å². The van der Waals surface area contributed by atoms with E-state index in [4.69, 9.17) is 9.47 Å². The second-order valence-corrected chi connectivity index (χ2v) is 5.69. The van der Waals surface area contributed by atoms with E-state index in [1.807, 2.05) is 31.2 Å². The molecule has 1 aromatic carbocycles. The van der Waals surface area contributed by atoms with Gasteiger partial charge in [-0.2, -0.15) is 0 Å². The fourth-order valence-corrected chi connectivity index (χ4v) is 2.64. The van der Waals surface area contributed by atoms with Crippen LogP contribution in [0.25, 0.3) is 0 Å². The molecule has 0 N–H and O–H groups in total. The van der Waals surface area contributed by atoms with Crippen molar-refractivity contribution < 1.29 is 19.1 Å². The largest absolute Gasteiger partial charge is 0.466 e. The van der Waals surface area contributed by atoms with Gasteiger partial charge in [-0.25, -0.2) is 4.79 Å². The molecule has 1 amide bonds. The van der Waals surface area contributed by atoms with Gasteiger partial charge in [-0.1, -0.05) is 12.1 Å². The summed E-state index contributed by atoms with van der Waals surface area (Å²) in [7, 11) is 1.36. The van der Waals surface area contributed by atoms with Crippen LogP contribution in [0.2, 0.25) is 0 Å². The number of hydrogen-bond donors (Lipinski definition) is 0. The molecule has 0 aromatic heterocycles. The Bertz CT molecular complexity index is 507. The highest BCUT2D eigenvalue weighted by Gasteiger charge is 2.24. The molecule has 0 saturated carbocycles. The molecule has 0 aliphatic rings. The minimum absolute atomic E-state index is 0.0967. The fourth-order valence-electron chi connectivity index (χ4n) is 2.17. The Morgan fingerprint density at radius 2 is 2.00 bits per heavy atom. The molecule has 1 aromatic rings. The van der Waals surface area contributed by atoms with Crippen LogP contribution in [-0.4, -0.2) is 31.8 Å². The van der Waals surface area contributed by atoms with Crippen LogP contribution in [0, 0.1) is 0 Å². The summed E-state index contributed by atoms with van der Waals surface area (Å²) >= 11 is 3.45. The first-order valence-electron chi connectivity index (χ1n) is 7.28. The molecule has 122 valence electrons. The lowest BCUT2D eigenvalue weighted by Gasteiger charge is -2.28. The van der Waals surface area contributed by atoms with Gasteiger partial charge >= 0.3 is 12.1 Å². The number of benzene rings is 1. The van der Waals surface area contributed by atoms with Crippen molar-refractivity contribution in [1.29, 1.82) is 0 Å². The van der Waals surface area contributed by atoms with Crippen molar-refractivity contribution >= 4 is 33.7 Å². The molecule has 0 bridgehead atoms. The van der Waals surface area contributed by atoms with Gasteiger partial charge in [0, 0.05) is 16.9 Å². The van der Waals surface area contributed by atoms with E-state index in [-0.39, 0.29) is 12.0 Å². The Labute approximate surface area is 139 Å². The number of amides is 1. The zero-order valence-electron chi connectivity index (χ0n) is 13.2. The van der Waals surface area contributed by atoms with E-state index >= 15 is 0 Å². The lowest BCUT2D eigenvalue weighted by atomic mass is 10.1. The molecule has 0 radical (unpaired) electrons. The van der Waals surface area contributed by atoms with Gasteiger partial charge in [-0.3, -0.25) is 9.69 Å². The first-order valence-corrected chi connectivity index (χ1v) is 8.07. The number of ether oxygens (including phenoxy) is 2. The number of methoxy groups -OCH3 is 1. The van der Waals surface area contributed by atoms with Gasteiger partial charge in [0.25, 0.3) is 0 Å². The van der Waals surface area contributed by atoms with Crippen molar-refractivity contribution in [3.8, 4) is 0 Å². The van der Waals surface area contributed by atoms with Crippen molar-refractivity contribution in [2.45, 2.75) is 39.2 Å². The maximum Gasteiger partial charge on any atom is 0.414 e. The highest BCUT2D eigenvalue weighted by atomic mass is 79.9. The molecule has 0 aliphatic heterocycles. The SMILES string of the molecule is CCOC(=O)CCCC(C)N(C(=O)OC)c1ccccc1Br. The van der Waals surface area contributed by atoms with Crippen LogP contribution in [0.1, 0.15) is 33.1 Å². The maximum atomic E-state index is 12.1. The summed E-state index contributed by atoms with van der Waals surface area (Å²) in [6.45, 7) is 4.10. The summed E-state index contributed by atoms with van der Waals surface area (Å²) in [6, 6.07) is 7.37. The van der Waals surface area contributed by atoms with Crippen LogP contribution in [0.4, 0.5) is 10.5 Å². The quantitative estimate of drug-likeness (QED) is 0.675. The summed E-state index contributed by atoms with van der Waals surface area (Å²) in [5.41, 5.74) is 0.748. The van der Waals surface area contributed by atoms with Gasteiger partial charge < -0.3 is 9.47 Å². The summed E-state index contributed by atoms with van der Waals surface area (Å²) < 4.78 is 10.6. The highest BCUT2D eigenvalue weighted by molar-refractivity contribution is 9.10. The van der Waals surface area contributed by atoms with Gasteiger partial charge in [-0.15, -0.1) is 0 Å². The minimum atomic E-state index is -0.421. The highest BCUT2D eigenvalue weighted by Crippen LogP contribution is 2.29. The zero-order chi connectivity index (χ0) is 16.5. The molecule has 0 aliphatic carbocycles. The fraction of sp³-hybridized carbons (Fsp3) is 0.500. The third-order valence-electron chi connectivity index (χ3n) is 3.23. The average molecular weight is 372 g/mol. The number of hydrogen-bond acceptors (Lipinski definition) is 4. The monoisotopic (exact) mass is 371 g/mol. The van der Waals surface area contributed by atoms with Crippen LogP contribution in [-0.2, 0) is 14.3 Å². The summed E-state index contributed by atoms with van der Waals surface area (Å²) in [5.74, 6) is -0.208. The summed E-state index contributed by atoms with van der Waals surface area (Å²) in [6.07, 6.45) is 1.26. The molecule has 0 saturated heterocycles. The van der Waals surface area contributed by atoms with Crippen molar-refractivity contribution in [3.63, 3.8) is 0 Å². The molecule has 6 heteroatoms. The average Bonchev–Trinajstić information content (AvgIpc) is 2.49. The number of para-hydroxylation sites is 1. The molecule has 0 heterocycles. The van der Waals surface area contributed by atoms with Gasteiger partial charge in [0.2, 0.25) is 0 Å². The molecule has 0 spiro atoms. The molecule has 1 rings (SSSR count). The van der Waals surface area contributed by atoms with Crippen molar-refractivity contribution in [3.05, 3.63) is 28.7 Å². The van der Waals surface area contributed by atoms with Crippen molar-refractivity contribution in [2.75, 3.05) is 18.6 Å².